The molecule has 5 nitrogen and oxygen atoms in total. The van der Waals surface area contributed by atoms with Crippen LogP contribution in [0.2, 0.25) is 0 Å². The molecule has 0 N–H and O–H groups in total. The first-order valence-electron chi connectivity index (χ1n) is 10.1. The van der Waals surface area contributed by atoms with E-state index in [0.717, 1.165) is 30.4 Å². The molecule has 0 aromatic carbocycles. The van der Waals surface area contributed by atoms with Crippen LogP contribution in [-0.2, 0) is 23.9 Å². The lowest BCUT2D eigenvalue weighted by Crippen LogP contribution is -2.56. The normalized spacial score (nSPS) is 35.7. The molecule has 1 fully saturated rings. The average molecular weight is 391 g/mol. The van der Waals surface area contributed by atoms with Gasteiger partial charge in [0.25, 0.3) is 0 Å². The minimum absolute atomic E-state index is 0.110. The lowest BCUT2D eigenvalue weighted by atomic mass is 9.46. The van der Waals surface area contributed by atoms with Crippen LogP contribution in [0.5, 0.6) is 0 Å². The van der Waals surface area contributed by atoms with Crippen molar-refractivity contribution in [1.82, 2.24) is 0 Å². The number of ether oxygens (including phenoxy) is 2. The van der Waals surface area contributed by atoms with Gasteiger partial charge in [-0.1, -0.05) is 31.9 Å². The van der Waals surface area contributed by atoms with Crippen LogP contribution in [0.1, 0.15) is 67.2 Å². The van der Waals surface area contributed by atoms with Crippen molar-refractivity contribution in [3.8, 4) is 0 Å². The minimum Gasteiger partial charge on any atom is -0.466 e. The molecule has 1 saturated carbocycles. The van der Waals surface area contributed by atoms with Gasteiger partial charge in [0.05, 0.1) is 7.11 Å². The summed E-state index contributed by atoms with van der Waals surface area (Å²) in [6.07, 6.45) is 5.89. The van der Waals surface area contributed by atoms with E-state index in [1.807, 2.05) is 13.8 Å². The van der Waals surface area contributed by atoms with Crippen LogP contribution in [0.3, 0.4) is 0 Å². The number of rotatable bonds is 5. The van der Waals surface area contributed by atoms with Crippen LogP contribution in [0.4, 0.5) is 0 Å². The molecule has 0 heterocycles. The van der Waals surface area contributed by atoms with E-state index in [9.17, 15) is 14.4 Å². The molecule has 0 spiro atoms. The van der Waals surface area contributed by atoms with Crippen LogP contribution < -0.4 is 0 Å². The second-order valence-electron chi connectivity index (χ2n) is 9.13. The number of hydrogen-bond donors (Lipinski definition) is 0. The van der Waals surface area contributed by atoms with Gasteiger partial charge >= 0.3 is 11.9 Å². The highest BCUT2D eigenvalue weighted by atomic mass is 16.5. The smallest absolute Gasteiger partial charge is 0.330 e. The number of methoxy groups -OCH3 is 1. The lowest BCUT2D eigenvalue weighted by Gasteiger charge is -2.59. The Morgan fingerprint density at radius 3 is 2.50 bits per heavy atom. The first-order valence-corrected chi connectivity index (χ1v) is 10.1. The third-order valence-electron chi connectivity index (χ3n) is 7.41. The topological polar surface area (TPSA) is 69.7 Å². The van der Waals surface area contributed by atoms with E-state index in [1.165, 1.54) is 20.1 Å². The molecule has 156 valence electrons. The van der Waals surface area contributed by atoms with Gasteiger partial charge in [-0.05, 0) is 61.9 Å². The maximum atomic E-state index is 12.4. The second kappa shape index (κ2) is 8.22. The summed E-state index contributed by atoms with van der Waals surface area (Å²) in [6.45, 7) is 11.9. The van der Waals surface area contributed by atoms with Crippen molar-refractivity contribution >= 4 is 17.7 Å². The summed E-state index contributed by atoms with van der Waals surface area (Å²) >= 11 is 0. The van der Waals surface area contributed by atoms with Gasteiger partial charge < -0.3 is 9.47 Å². The SMILES string of the molecule is COC(=O)/C=C(\C)CC[C@@]1(C)[C@H](C)[C@H](OC(C)=O)C[C@@]2(C)C(C)=CC(=O)C[C@H]12. The standard InChI is InChI=1S/C23H34O5/c1-14(10-21(26)27-7)8-9-22(5)16(3)19(28-17(4)24)13-23(6)15(2)11-18(25)12-20(22)23/h10-11,16,19-20H,8-9,12-13H2,1-7H3/b14-10+/t16-,19-,20-,22+,23+/m1/s1. The van der Waals surface area contributed by atoms with Crippen molar-refractivity contribution in [2.45, 2.75) is 73.3 Å². The van der Waals surface area contributed by atoms with Gasteiger partial charge in [0.2, 0.25) is 0 Å². The van der Waals surface area contributed by atoms with Crippen LogP contribution in [0, 0.1) is 22.7 Å². The number of esters is 2. The monoisotopic (exact) mass is 390 g/mol. The van der Waals surface area contributed by atoms with E-state index >= 15 is 0 Å². The van der Waals surface area contributed by atoms with Crippen LogP contribution >= 0.6 is 0 Å². The Morgan fingerprint density at radius 2 is 1.93 bits per heavy atom. The molecule has 0 bridgehead atoms. The van der Waals surface area contributed by atoms with Gasteiger partial charge in [-0.25, -0.2) is 4.79 Å². The number of hydrogen-bond acceptors (Lipinski definition) is 5. The van der Waals surface area contributed by atoms with E-state index in [-0.39, 0.29) is 46.5 Å². The fourth-order valence-electron chi connectivity index (χ4n) is 5.32. The van der Waals surface area contributed by atoms with Crippen molar-refractivity contribution < 1.29 is 23.9 Å². The molecule has 0 aromatic heterocycles. The summed E-state index contributed by atoms with van der Waals surface area (Å²) in [5.74, 6) is -0.166. The van der Waals surface area contributed by atoms with Gasteiger partial charge in [0.15, 0.2) is 5.78 Å². The lowest BCUT2D eigenvalue weighted by molar-refractivity contribution is -0.171. The van der Waals surface area contributed by atoms with E-state index in [0.29, 0.717) is 6.42 Å². The first kappa shape index (κ1) is 22.4. The Bertz CT molecular complexity index is 719. The van der Waals surface area contributed by atoms with Crippen molar-refractivity contribution in [3.05, 3.63) is 23.3 Å². The Labute approximate surface area is 168 Å². The fourth-order valence-corrected chi connectivity index (χ4v) is 5.32. The molecule has 5 heteroatoms. The number of ketones is 1. The molecular formula is C23H34O5. The highest BCUT2D eigenvalue weighted by Crippen LogP contribution is 2.62. The molecule has 2 aliphatic carbocycles. The highest BCUT2D eigenvalue weighted by molar-refractivity contribution is 5.92. The summed E-state index contributed by atoms with van der Waals surface area (Å²) in [5, 5.41) is 0. The van der Waals surface area contributed by atoms with Crippen LogP contribution in [0.25, 0.3) is 0 Å². The summed E-state index contributed by atoms with van der Waals surface area (Å²) in [5.41, 5.74) is 1.63. The number of carbonyl (C=O) groups excluding carboxylic acids is 3. The number of allylic oxidation sites excluding steroid dienone is 3. The fraction of sp³-hybridized carbons (Fsp3) is 0.696. The number of carbonyl (C=O) groups is 3. The predicted molar refractivity (Wildman–Crippen MR) is 107 cm³/mol. The van der Waals surface area contributed by atoms with Gasteiger partial charge in [0.1, 0.15) is 6.10 Å². The third-order valence-corrected chi connectivity index (χ3v) is 7.41. The third kappa shape index (κ3) is 4.23. The summed E-state index contributed by atoms with van der Waals surface area (Å²) in [7, 11) is 1.37. The zero-order chi connectivity index (χ0) is 21.3. The summed E-state index contributed by atoms with van der Waals surface area (Å²) in [4.78, 5) is 35.7. The largest absolute Gasteiger partial charge is 0.466 e. The van der Waals surface area contributed by atoms with Crippen molar-refractivity contribution in [2.75, 3.05) is 7.11 Å². The Hall–Kier alpha value is -1.91. The molecule has 0 aliphatic heterocycles. The van der Waals surface area contributed by atoms with Crippen LogP contribution in [-0.4, -0.2) is 30.9 Å². The zero-order valence-corrected chi connectivity index (χ0v) is 18.3. The average Bonchev–Trinajstić information content (AvgIpc) is 2.60. The molecule has 0 aromatic rings. The molecule has 0 amide bonds. The Morgan fingerprint density at radius 1 is 1.29 bits per heavy atom. The van der Waals surface area contributed by atoms with Gasteiger partial charge in [0, 0.05) is 19.4 Å². The van der Waals surface area contributed by atoms with Gasteiger partial charge in [-0.15, -0.1) is 0 Å². The Kier molecular flexibility index (Phi) is 6.57. The summed E-state index contributed by atoms with van der Waals surface area (Å²) < 4.78 is 10.5. The zero-order valence-electron chi connectivity index (χ0n) is 18.3. The maximum absolute atomic E-state index is 12.4. The summed E-state index contributed by atoms with van der Waals surface area (Å²) in [6, 6.07) is 0. The molecule has 2 aliphatic rings. The maximum Gasteiger partial charge on any atom is 0.330 e. The molecule has 0 unspecified atom stereocenters. The van der Waals surface area contributed by atoms with E-state index < -0.39 is 0 Å². The molecular weight excluding hydrogens is 356 g/mol. The van der Waals surface area contributed by atoms with Crippen molar-refractivity contribution in [1.29, 1.82) is 0 Å². The Balaban J connectivity index is 2.40. The van der Waals surface area contributed by atoms with Crippen LogP contribution in [0.15, 0.2) is 23.3 Å². The quantitative estimate of drug-likeness (QED) is 0.514. The number of fused-ring (bicyclic) bond motifs is 1. The molecule has 5 atom stereocenters. The van der Waals surface area contributed by atoms with Crippen molar-refractivity contribution in [3.63, 3.8) is 0 Å². The van der Waals surface area contributed by atoms with E-state index in [1.54, 1.807) is 6.08 Å². The van der Waals surface area contributed by atoms with Gasteiger partial charge in [-0.3, -0.25) is 9.59 Å². The predicted octanol–water partition coefficient (Wildman–Crippen LogP) is 4.41. The first-order chi connectivity index (χ1) is 12.9. The second-order valence-corrected chi connectivity index (χ2v) is 9.13. The van der Waals surface area contributed by atoms with Crippen molar-refractivity contribution in [2.24, 2.45) is 22.7 Å². The minimum atomic E-state index is -0.353. The highest BCUT2D eigenvalue weighted by Gasteiger charge is 2.58. The molecule has 0 radical (unpaired) electrons. The molecule has 2 rings (SSSR count). The molecule has 28 heavy (non-hydrogen) atoms. The van der Waals surface area contributed by atoms with Gasteiger partial charge in [-0.2, -0.15) is 0 Å². The van der Waals surface area contributed by atoms with E-state index in [2.05, 4.69) is 20.8 Å². The molecule has 0 saturated heterocycles. The van der Waals surface area contributed by atoms with E-state index in [4.69, 9.17) is 9.47 Å².